The number of aryl methyl sites for hydroxylation is 2. The Labute approximate surface area is 111 Å². The van der Waals surface area contributed by atoms with Gasteiger partial charge in [0.25, 0.3) is 0 Å². The predicted octanol–water partition coefficient (Wildman–Crippen LogP) is 1.98. The maximum atomic E-state index is 5.68. The number of nitrogens with one attached hydrogen (secondary N) is 1. The second-order valence-corrected chi connectivity index (χ2v) is 4.36. The van der Waals surface area contributed by atoms with Gasteiger partial charge in [-0.3, -0.25) is 4.68 Å². The highest BCUT2D eigenvalue weighted by Crippen LogP contribution is 2.19. The SMILES string of the molecule is CCn1cc(Nc2nc(C)ccc2C(N)=S)cn1. The van der Waals surface area contributed by atoms with E-state index >= 15 is 0 Å². The van der Waals surface area contributed by atoms with E-state index in [2.05, 4.69) is 15.4 Å². The van der Waals surface area contributed by atoms with Crippen LogP contribution in [0.25, 0.3) is 0 Å². The minimum absolute atomic E-state index is 0.327. The van der Waals surface area contributed by atoms with E-state index < -0.39 is 0 Å². The van der Waals surface area contributed by atoms with Crippen molar-refractivity contribution in [3.8, 4) is 0 Å². The topological polar surface area (TPSA) is 68.8 Å². The van der Waals surface area contributed by atoms with Crippen LogP contribution in [-0.2, 0) is 6.54 Å². The average Bonchev–Trinajstić information content (AvgIpc) is 2.76. The van der Waals surface area contributed by atoms with Crippen molar-refractivity contribution < 1.29 is 0 Å². The largest absolute Gasteiger partial charge is 0.389 e. The van der Waals surface area contributed by atoms with E-state index in [1.807, 2.05) is 36.9 Å². The zero-order valence-corrected chi connectivity index (χ0v) is 11.2. The zero-order chi connectivity index (χ0) is 13.1. The summed E-state index contributed by atoms with van der Waals surface area (Å²) in [6.07, 6.45) is 3.66. The van der Waals surface area contributed by atoms with Crippen LogP contribution in [0.1, 0.15) is 18.2 Å². The molecule has 0 aromatic carbocycles. The lowest BCUT2D eigenvalue weighted by Gasteiger charge is -2.09. The fraction of sp³-hybridized carbons (Fsp3) is 0.250. The van der Waals surface area contributed by atoms with Crippen LogP contribution in [0, 0.1) is 6.92 Å². The summed E-state index contributed by atoms with van der Waals surface area (Å²) in [7, 11) is 0. The first-order chi connectivity index (χ1) is 8.60. The van der Waals surface area contributed by atoms with Crippen molar-refractivity contribution in [3.05, 3.63) is 35.8 Å². The highest BCUT2D eigenvalue weighted by atomic mass is 32.1. The van der Waals surface area contributed by atoms with Crippen LogP contribution in [0.3, 0.4) is 0 Å². The number of aromatic nitrogens is 3. The minimum atomic E-state index is 0.327. The van der Waals surface area contributed by atoms with E-state index in [9.17, 15) is 0 Å². The second kappa shape index (κ2) is 5.14. The van der Waals surface area contributed by atoms with Crippen LogP contribution in [0.5, 0.6) is 0 Å². The lowest BCUT2D eigenvalue weighted by molar-refractivity contribution is 0.660. The molecule has 0 amide bonds. The molecule has 0 bridgehead atoms. The number of thiocarbonyl (C=S) groups is 1. The Morgan fingerprint density at radius 2 is 2.28 bits per heavy atom. The Hall–Kier alpha value is -1.95. The molecule has 0 fully saturated rings. The minimum Gasteiger partial charge on any atom is -0.389 e. The van der Waals surface area contributed by atoms with Gasteiger partial charge in [-0.25, -0.2) is 4.98 Å². The average molecular weight is 261 g/mol. The van der Waals surface area contributed by atoms with Gasteiger partial charge in [0.2, 0.25) is 0 Å². The van der Waals surface area contributed by atoms with E-state index in [0.29, 0.717) is 10.8 Å². The molecule has 2 aromatic heterocycles. The first-order valence-corrected chi connectivity index (χ1v) is 6.08. The molecule has 0 unspecified atom stereocenters. The second-order valence-electron chi connectivity index (χ2n) is 3.92. The molecule has 5 nitrogen and oxygen atoms in total. The van der Waals surface area contributed by atoms with Gasteiger partial charge in [0, 0.05) is 18.4 Å². The van der Waals surface area contributed by atoms with Gasteiger partial charge in [-0.1, -0.05) is 12.2 Å². The Morgan fingerprint density at radius 1 is 1.50 bits per heavy atom. The Bertz CT molecular complexity index is 576. The molecule has 0 aliphatic rings. The molecule has 0 radical (unpaired) electrons. The summed E-state index contributed by atoms with van der Waals surface area (Å²) < 4.78 is 1.83. The maximum absolute atomic E-state index is 5.68. The fourth-order valence-electron chi connectivity index (χ4n) is 1.59. The van der Waals surface area contributed by atoms with Crippen molar-refractivity contribution in [3.63, 3.8) is 0 Å². The summed E-state index contributed by atoms with van der Waals surface area (Å²) in [5.74, 6) is 0.665. The van der Waals surface area contributed by atoms with E-state index in [-0.39, 0.29) is 0 Å². The number of anilines is 2. The van der Waals surface area contributed by atoms with Gasteiger partial charge >= 0.3 is 0 Å². The van der Waals surface area contributed by atoms with Gasteiger partial charge < -0.3 is 11.1 Å². The third-order valence-electron chi connectivity index (χ3n) is 2.52. The third kappa shape index (κ3) is 2.65. The summed E-state index contributed by atoms with van der Waals surface area (Å²) >= 11 is 5.01. The molecule has 3 N–H and O–H groups in total. The third-order valence-corrected chi connectivity index (χ3v) is 2.74. The summed E-state index contributed by atoms with van der Waals surface area (Å²) in [6.45, 7) is 4.78. The lowest BCUT2D eigenvalue weighted by Crippen LogP contribution is -2.13. The predicted molar refractivity (Wildman–Crippen MR) is 76.0 cm³/mol. The molecule has 0 aliphatic heterocycles. The molecule has 0 aliphatic carbocycles. The summed E-state index contributed by atoms with van der Waals surface area (Å²) in [5, 5.41) is 7.38. The van der Waals surface area contributed by atoms with E-state index in [4.69, 9.17) is 18.0 Å². The fourth-order valence-corrected chi connectivity index (χ4v) is 1.75. The molecule has 0 spiro atoms. The van der Waals surface area contributed by atoms with E-state index in [0.717, 1.165) is 23.5 Å². The summed E-state index contributed by atoms with van der Waals surface area (Å²) in [5.41, 5.74) is 8.19. The molecule has 2 aromatic rings. The number of pyridine rings is 1. The number of nitrogens with zero attached hydrogens (tertiary/aromatic N) is 3. The molecule has 2 rings (SSSR count). The van der Waals surface area contributed by atoms with Gasteiger partial charge in [0.15, 0.2) is 0 Å². The number of nitrogens with two attached hydrogens (primary N) is 1. The Kier molecular flexibility index (Phi) is 3.57. The van der Waals surface area contributed by atoms with Crippen LogP contribution < -0.4 is 11.1 Å². The normalized spacial score (nSPS) is 10.3. The lowest BCUT2D eigenvalue weighted by atomic mass is 10.2. The van der Waals surface area contributed by atoms with E-state index in [1.165, 1.54) is 0 Å². The van der Waals surface area contributed by atoms with Crippen LogP contribution in [0.4, 0.5) is 11.5 Å². The Balaban J connectivity index is 2.32. The van der Waals surface area contributed by atoms with Crippen LogP contribution in [0.2, 0.25) is 0 Å². The number of rotatable bonds is 4. The van der Waals surface area contributed by atoms with Crippen molar-refractivity contribution >= 4 is 28.7 Å². The van der Waals surface area contributed by atoms with Gasteiger partial charge in [0.1, 0.15) is 10.8 Å². The van der Waals surface area contributed by atoms with Gasteiger partial charge in [-0.15, -0.1) is 0 Å². The molecule has 2 heterocycles. The number of hydrogen-bond donors (Lipinski definition) is 2. The monoisotopic (exact) mass is 261 g/mol. The maximum Gasteiger partial charge on any atom is 0.140 e. The highest BCUT2D eigenvalue weighted by molar-refractivity contribution is 7.80. The summed E-state index contributed by atoms with van der Waals surface area (Å²) in [4.78, 5) is 4.74. The molecule has 0 atom stereocenters. The molecular formula is C12H15N5S. The standard InChI is InChI=1S/C12H15N5S/c1-3-17-7-9(6-14-17)16-12-10(11(13)18)5-4-8(2)15-12/h4-7H,3H2,1-2H3,(H2,13,18)(H,15,16). The van der Waals surface area contributed by atoms with Crippen molar-refractivity contribution in [1.29, 1.82) is 0 Å². The zero-order valence-electron chi connectivity index (χ0n) is 10.3. The van der Waals surface area contributed by atoms with Gasteiger partial charge in [-0.2, -0.15) is 5.10 Å². The molecule has 0 saturated carbocycles. The van der Waals surface area contributed by atoms with Crippen molar-refractivity contribution in [2.24, 2.45) is 5.73 Å². The van der Waals surface area contributed by atoms with Crippen LogP contribution >= 0.6 is 12.2 Å². The summed E-state index contributed by atoms with van der Waals surface area (Å²) in [6, 6.07) is 3.76. The Morgan fingerprint density at radius 3 is 2.89 bits per heavy atom. The van der Waals surface area contributed by atoms with Gasteiger partial charge in [-0.05, 0) is 26.0 Å². The van der Waals surface area contributed by atoms with Crippen LogP contribution in [0.15, 0.2) is 24.5 Å². The molecule has 18 heavy (non-hydrogen) atoms. The van der Waals surface area contributed by atoms with Crippen molar-refractivity contribution in [2.75, 3.05) is 5.32 Å². The van der Waals surface area contributed by atoms with Crippen LogP contribution in [-0.4, -0.2) is 19.8 Å². The first-order valence-electron chi connectivity index (χ1n) is 5.67. The van der Waals surface area contributed by atoms with Crippen molar-refractivity contribution in [2.45, 2.75) is 20.4 Å². The molecular weight excluding hydrogens is 246 g/mol. The quantitative estimate of drug-likeness (QED) is 0.824. The van der Waals surface area contributed by atoms with Gasteiger partial charge in [0.05, 0.1) is 17.4 Å². The number of hydrogen-bond acceptors (Lipinski definition) is 4. The first kappa shape index (κ1) is 12.5. The smallest absolute Gasteiger partial charge is 0.140 e. The molecule has 6 heteroatoms. The molecule has 94 valence electrons. The molecule has 0 saturated heterocycles. The highest BCUT2D eigenvalue weighted by Gasteiger charge is 2.08. The van der Waals surface area contributed by atoms with E-state index in [1.54, 1.807) is 6.20 Å². The van der Waals surface area contributed by atoms with Crippen molar-refractivity contribution in [1.82, 2.24) is 14.8 Å².